The minimum atomic E-state index is 0.138. The number of aliphatic hydroxyl groups excluding tert-OH is 1. The van der Waals surface area contributed by atoms with Crippen LogP contribution in [0.4, 0.5) is 0 Å². The molecule has 3 nitrogen and oxygen atoms in total. The molecule has 1 rings (SSSR count). The number of nitrogens with one attached hydrogen (secondary N) is 1. The number of aromatic nitrogens is 1. The molecule has 78 valence electrons. The summed E-state index contributed by atoms with van der Waals surface area (Å²) in [4.78, 5) is 3.90. The SMILES string of the molecule is CCC(CO)NCc1ccncc1Cl. The Kier molecular flexibility index (Phi) is 4.87. The molecule has 0 aliphatic heterocycles. The van der Waals surface area contributed by atoms with Crippen LogP contribution in [0.3, 0.4) is 0 Å². The van der Waals surface area contributed by atoms with Crippen LogP contribution in [0.2, 0.25) is 5.02 Å². The zero-order chi connectivity index (χ0) is 10.4. The Hall–Kier alpha value is -0.640. The van der Waals surface area contributed by atoms with E-state index in [0.717, 1.165) is 12.0 Å². The lowest BCUT2D eigenvalue weighted by atomic mass is 10.2. The van der Waals surface area contributed by atoms with E-state index in [-0.39, 0.29) is 12.6 Å². The number of halogens is 1. The highest BCUT2D eigenvalue weighted by atomic mass is 35.5. The summed E-state index contributed by atoms with van der Waals surface area (Å²) < 4.78 is 0. The van der Waals surface area contributed by atoms with E-state index in [1.807, 2.05) is 13.0 Å². The maximum atomic E-state index is 8.97. The van der Waals surface area contributed by atoms with Crippen LogP contribution < -0.4 is 5.32 Å². The number of nitrogens with zero attached hydrogens (tertiary/aromatic N) is 1. The second kappa shape index (κ2) is 5.96. The lowest BCUT2D eigenvalue weighted by molar-refractivity contribution is 0.238. The smallest absolute Gasteiger partial charge is 0.0634 e. The Morgan fingerprint density at radius 1 is 1.64 bits per heavy atom. The van der Waals surface area contributed by atoms with E-state index in [2.05, 4.69) is 10.3 Å². The van der Waals surface area contributed by atoms with Gasteiger partial charge in [-0.3, -0.25) is 4.98 Å². The third kappa shape index (κ3) is 3.25. The molecule has 1 aromatic rings. The van der Waals surface area contributed by atoms with Crippen molar-refractivity contribution in [2.24, 2.45) is 0 Å². The molecule has 0 aromatic carbocycles. The van der Waals surface area contributed by atoms with Crippen LogP contribution in [0, 0.1) is 0 Å². The van der Waals surface area contributed by atoms with Crippen LogP contribution in [0.5, 0.6) is 0 Å². The van der Waals surface area contributed by atoms with E-state index in [1.54, 1.807) is 12.4 Å². The summed E-state index contributed by atoms with van der Waals surface area (Å²) in [6.07, 6.45) is 4.24. The highest BCUT2D eigenvalue weighted by molar-refractivity contribution is 6.31. The van der Waals surface area contributed by atoms with Gasteiger partial charge in [0.25, 0.3) is 0 Å². The molecule has 0 aliphatic rings. The van der Waals surface area contributed by atoms with Gasteiger partial charge in [0.1, 0.15) is 0 Å². The lowest BCUT2D eigenvalue weighted by Gasteiger charge is -2.14. The highest BCUT2D eigenvalue weighted by Crippen LogP contribution is 2.12. The maximum absolute atomic E-state index is 8.97. The van der Waals surface area contributed by atoms with Gasteiger partial charge in [-0.15, -0.1) is 0 Å². The molecule has 1 unspecified atom stereocenters. The molecular formula is C10H15ClN2O. The van der Waals surface area contributed by atoms with Gasteiger partial charge in [0.15, 0.2) is 0 Å². The molecule has 0 radical (unpaired) electrons. The van der Waals surface area contributed by atoms with Crippen molar-refractivity contribution in [3.63, 3.8) is 0 Å². The predicted molar refractivity (Wildman–Crippen MR) is 57.3 cm³/mol. The van der Waals surface area contributed by atoms with Crippen LogP contribution in [0.25, 0.3) is 0 Å². The number of aliphatic hydroxyl groups is 1. The van der Waals surface area contributed by atoms with Crippen molar-refractivity contribution in [3.05, 3.63) is 29.0 Å². The quantitative estimate of drug-likeness (QED) is 0.783. The van der Waals surface area contributed by atoms with Crippen molar-refractivity contribution in [1.82, 2.24) is 10.3 Å². The molecule has 1 atom stereocenters. The Balaban J connectivity index is 2.49. The van der Waals surface area contributed by atoms with Gasteiger partial charge in [-0.1, -0.05) is 18.5 Å². The van der Waals surface area contributed by atoms with Crippen molar-refractivity contribution in [3.8, 4) is 0 Å². The minimum absolute atomic E-state index is 0.138. The molecule has 0 aliphatic carbocycles. The molecule has 14 heavy (non-hydrogen) atoms. The van der Waals surface area contributed by atoms with Gasteiger partial charge in [-0.05, 0) is 18.1 Å². The fourth-order valence-corrected chi connectivity index (χ4v) is 1.33. The molecule has 0 amide bonds. The molecule has 0 spiro atoms. The van der Waals surface area contributed by atoms with E-state index in [4.69, 9.17) is 16.7 Å². The molecule has 0 fully saturated rings. The van der Waals surface area contributed by atoms with E-state index in [9.17, 15) is 0 Å². The molecule has 0 bridgehead atoms. The zero-order valence-electron chi connectivity index (χ0n) is 8.20. The summed E-state index contributed by atoms with van der Waals surface area (Å²) in [6, 6.07) is 2.01. The monoisotopic (exact) mass is 214 g/mol. The van der Waals surface area contributed by atoms with Crippen molar-refractivity contribution < 1.29 is 5.11 Å². The molecule has 0 saturated carbocycles. The average Bonchev–Trinajstić information content (AvgIpc) is 2.22. The average molecular weight is 215 g/mol. The van der Waals surface area contributed by atoms with Gasteiger partial charge in [-0.25, -0.2) is 0 Å². The van der Waals surface area contributed by atoms with Crippen LogP contribution >= 0.6 is 11.6 Å². The number of rotatable bonds is 5. The molecule has 1 aromatic heterocycles. The first-order valence-corrected chi connectivity index (χ1v) is 5.08. The summed E-state index contributed by atoms with van der Waals surface area (Å²) in [7, 11) is 0. The zero-order valence-corrected chi connectivity index (χ0v) is 8.96. The molecule has 2 N–H and O–H groups in total. The first-order chi connectivity index (χ1) is 6.77. The van der Waals surface area contributed by atoms with Crippen LogP contribution in [0.1, 0.15) is 18.9 Å². The molecule has 1 heterocycles. The molecule has 4 heteroatoms. The predicted octanol–water partition coefficient (Wildman–Crippen LogP) is 1.60. The van der Waals surface area contributed by atoms with Crippen LogP contribution in [-0.4, -0.2) is 22.7 Å². The Morgan fingerprint density at radius 2 is 2.43 bits per heavy atom. The fourth-order valence-electron chi connectivity index (χ4n) is 1.14. The summed E-state index contributed by atoms with van der Waals surface area (Å²) in [5, 5.41) is 12.8. The second-order valence-electron chi connectivity index (χ2n) is 3.14. The van der Waals surface area contributed by atoms with Gasteiger partial charge in [-0.2, -0.15) is 0 Å². The van der Waals surface area contributed by atoms with Crippen molar-refractivity contribution in [2.45, 2.75) is 25.9 Å². The van der Waals surface area contributed by atoms with Gasteiger partial charge in [0.2, 0.25) is 0 Å². The Labute approximate surface area is 89.1 Å². The normalized spacial score (nSPS) is 12.8. The van der Waals surface area contributed by atoms with Crippen molar-refractivity contribution in [2.75, 3.05) is 6.61 Å². The van der Waals surface area contributed by atoms with Crippen LogP contribution in [-0.2, 0) is 6.54 Å². The Morgan fingerprint density at radius 3 is 3.00 bits per heavy atom. The maximum Gasteiger partial charge on any atom is 0.0634 e. The van der Waals surface area contributed by atoms with Gasteiger partial charge in [0, 0.05) is 25.0 Å². The van der Waals surface area contributed by atoms with E-state index < -0.39 is 0 Å². The summed E-state index contributed by atoms with van der Waals surface area (Å²) >= 11 is 5.93. The number of pyridine rings is 1. The van der Waals surface area contributed by atoms with Gasteiger partial charge < -0.3 is 10.4 Å². The minimum Gasteiger partial charge on any atom is -0.395 e. The lowest BCUT2D eigenvalue weighted by Crippen LogP contribution is -2.31. The first-order valence-electron chi connectivity index (χ1n) is 4.70. The third-order valence-electron chi connectivity index (χ3n) is 2.15. The van der Waals surface area contributed by atoms with Crippen LogP contribution in [0.15, 0.2) is 18.5 Å². The Bertz CT molecular complexity index is 277. The van der Waals surface area contributed by atoms with Gasteiger partial charge >= 0.3 is 0 Å². The summed E-state index contributed by atoms with van der Waals surface area (Å²) in [5.74, 6) is 0. The molecule has 0 saturated heterocycles. The van der Waals surface area contributed by atoms with E-state index in [0.29, 0.717) is 11.6 Å². The number of hydrogen-bond acceptors (Lipinski definition) is 3. The first kappa shape index (κ1) is 11.4. The van der Waals surface area contributed by atoms with Crippen molar-refractivity contribution >= 4 is 11.6 Å². The molecular weight excluding hydrogens is 200 g/mol. The topological polar surface area (TPSA) is 45.1 Å². The largest absolute Gasteiger partial charge is 0.395 e. The highest BCUT2D eigenvalue weighted by Gasteiger charge is 2.04. The van der Waals surface area contributed by atoms with Crippen molar-refractivity contribution in [1.29, 1.82) is 0 Å². The number of hydrogen-bond donors (Lipinski definition) is 2. The standard InChI is InChI=1S/C10H15ClN2O/c1-2-9(7-14)13-5-8-3-4-12-6-10(8)11/h3-4,6,9,13-14H,2,5,7H2,1H3. The summed E-state index contributed by atoms with van der Waals surface area (Å²) in [6.45, 7) is 2.85. The van der Waals surface area contributed by atoms with E-state index >= 15 is 0 Å². The second-order valence-corrected chi connectivity index (χ2v) is 3.54. The fraction of sp³-hybridized carbons (Fsp3) is 0.500. The van der Waals surface area contributed by atoms with E-state index in [1.165, 1.54) is 0 Å². The third-order valence-corrected chi connectivity index (χ3v) is 2.49. The summed E-state index contributed by atoms with van der Waals surface area (Å²) in [5.41, 5.74) is 1.01. The van der Waals surface area contributed by atoms with Gasteiger partial charge in [0.05, 0.1) is 11.6 Å².